The molecule has 134 valence electrons. The Morgan fingerprint density at radius 2 is 1.92 bits per heavy atom. The zero-order valence-electron chi connectivity index (χ0n) is 15.2. The molecule has 5 nitrogen and oxygen atoms in total. The molecule has 1 aromatic carbocycles. The van der Waals surface area contributed by atoms with E-state index in [9.17, 15) is 4.79 Å². The molecule has 1 unspecified atom stereocenters. The van der Waals surface area contributed by atoms with Gasteiger partial charge in [0.2, 0.25) is 5.91 Å². The average Bonchev–Trinajstić information content (AvgIpc) is 3.05. The maximum Gasteiger partial charge on any atom is 0.235 e. The Morgan fingerprint density at radius 1 is 1.24 bits per heavy atom. The number of benzene rings is 1. The quantitative estimate of drug-likeness (QED) is 0.765. The SMILES string of the molecule is CCn1c(SC(C)C(=O)N2CCC(C)CC2)nnc1-c1ccccc1. The number of hydrogen-bond acceptors (Lipinski definition) is 4. The summed E-state index contributed by atoms with van der Waals surface area (Å²) in [4.78, 5) is 14.7. The van der Waals surface area contributed by atoms with Crippen molar-refractivity contribution in [2.75, 3.05) is 13.1 Å². The van der Waals surface area contributed by atoms with E-state index in [-0.39, 0.29) is 11.2 Å². The van der Waals surface area contributed by atoms with Crippen molar-refractivity contribution in [3.63, 3.8) is 0 Å². The van der Waals surface area contributed by atoms with Gasteiger partial charge in [-0.25, -0.2) is 0 Å². The molecule has 1 amide bonds. The monoisotopic (exact) mass is 358 g/mol. The van der Waals surface area contributed by atoms with Crippen LogP contribution in [0.25, 0.3) is 11.4 Å². The highest BCUT2D eigenvalue weighted by Gasteiger charge is 2.26. The van der Waals surface area contributed by atoms with E-state index in [1.54, 1.807) is 0 Å². The van der Waals surface area contributed by atoms with Crippen molar-refractivity contribution in [2.45, 2.75) is 50.6 Å². The normalized spacial score (nSPS) is 16.8. The number of hydrogen-bond donors (Lipinski definition) is 0. The largest absolute Gasteiger partial charge is 0.342 e. The lowest BCUT2D eigenvalue weighted by atomic mass is 9.99. The van der Waals surface area contributed by atoms with Crippen LogP contribution in [0.3, 0.4) is 0 Å². The van der Waals surface area contributed by atoms with E-state index in [0.29, 0.717) is 0 Å². The van der Waals surface area contributed by atoms with Gasteiger partial charge in [0.15, 0.2) is 11.0 Å². The van der Waals surface area contributed by atoms with Gasteiger partial charge in [-0.15, -0.1) is 10.2 Å². The minimum absolute atomic E-state index is 0.147. The number of aromatic nitrogens is 3. The van der Waals surface area contributed by atoms with Crippen LogP contribution in [0.4, 0.5) is 0 Å². The molecule has 1 atom stereocenters. The second kappa shape index (κ2) is 8.04. The second-order valence-electron chi connectivity index (χ2n) is 6.68. The maximum absolute atomic E-state index is 12.7. The topological polar surface area (TPSA) is 51.0 Å². The Bertz CT molecular complexity index is 707. The molecule has 6 heteroatoms. The van der Waals surface area contributed by atoms with E-state index >= 15 is 0 Å². The Morgan fingerprint density at radius 3 is 2.56 bits per heavy atom. The lowest BCUT2D eigenvalue weighted by Crippen LogP contribution is -2.41. The molecule has 2 aromatic rings. The van der Waals surface area contributed by atoms with Crippen molar-refractivity contribution in [3.05, 3.63) is 30.3 Å². The fourth-order valence-electron chi connectivity index (χ4n) is 3.16. The third-order valence-electron chi connectivity index (χ3n) is 4.79. The number of amides is 1. The molecule has 1 aliphatic heterocycles. The molecule has 25 heavy (non-hydrogen) atoms. The third-order valence-corrected chi connectivity index (χ3v) is 5.86. The van der Waals surface area contributed by atoms with Gasteiger partial charge in [0, 0.05) is 25.2 Å². The van der Waals surface area contributed by atoms with Gasteiger partial charge in [0.05, 0.1) is 5.25 Å². The number of likely N-dealkylation sites (tertiary alicyclic amines) is 1. The van der Waals surface area contributed by atoms with Gasteiger partial charge in [0.1, 0.15) is 0 Å². The highest BCUT2D eigenvalue weighted by atomic mass is 32.2. The first-order valence-corrected chi connectivity index (χ1v) is 9.92. The summed E-state index contributed by atoms with van der Waals surface area (Å²) in [6.07, 6.45) is 2.21. The van der Waals surface area contributed by atoms with Crippen LogP contribution in [-0.2, 0) is 11.3 Å². The van der Waals surface area contributed by atoms with Crippen molar-refractivity contribution < 1.29 is 4.79 Å². The number of rotatable bonds is 5. The molecule has 0 saturated carbocycles. The second-order valence-corrected chi connectivity index (χ2v) is 7.99. The molecule has 0 bridgehead atoms. The van der Waals surface area contributed by atoms with Crippen LogP contribution in [0, 0.1) is 5.92 Å². The fourth-order valence-corrected chi connectivity index (χ4v) is 4.15. The molecule has 2 heterocycles. The number of piperidine rings is 1. The van der Waals surface area contributed by atoms with Gasteiger partial charge in [0.25, 0.3) is 0 Å². The predicted octanol–water partition coefficient (Wildman–Crippen LogP) is 3.70. The van der Waals surface area contributed by atoms with Gasteiger partial charge in [-0.1, -0.05) is 49.0 Å². The van der Waals surface area contributed by atoms with Crippen molar-refractivity contribution >= 4 is 17.7 Å². The lowest BCUT2D eigenvalue weighted by molar-refractivity contribution is -0.131. The van der Waals surface area contributed by atoms with Crippen molar-refractivity contribution in [1.82, 2.24) is 19.7 Å². The van der Waals surface area contributed by atoms with Crippen LogP contribution in [0.15, 0.2) is 35.5 Å². The number of nitrogens with zero attached hydrogens (tertiary/aromatic N) is 4. The van der Waals surface area contributed by atoms with Crippen molar-refractivity contribution in [2.24, 2.45) is 5.92 Å². The van der Waals surface area contributed by atoms with Crippen molar-refractivity contribution in [1.29, 1.82) is 0 Å². The Kier molecular flexibility index (Phi) is 5.78. The molecule has 0 radical (unpaired) electrons. The molecular formula is C19H26N4OS. The Hall–Kier alpha value is -1.82. The molecule has 1 fully saturated rings. The van der Waals surface area contributed by atoms with Gasteiger partial charge < -0.3 is 9.47 Å². The first kappa shape index (κ1) is 18.0. The summed E-state index contributed by atoms with van der Waals surface area (Å²) in [7, 11) is 0. The van der Waals surface area contributed by atoms with E-state index in [4.69, 9.17) is 0 Å². The smallest absolute Gasteiger partial charge is 0.235 e. The lowest BCUT2D eigenvalue weighted by Gasteiger charge is -2.31. The van der Waals surface area contributed by atoms with E-state index in [1.165, 1.54) is 11.8 Å². The molecular weight excluding hydrogens is 332 g/mol. The number of carbonyl (C=O) groups excluding carboxylic acids is 1. The van der Waals surface area contributed by atoms with Crippen LogP contribution < -0.4 is 0 Å². The standard InChI is InChI=1S/C19H26N4OS/c1-4-23-17(16-8-6-5-7-9-16)20-21-19(23)25-15(3)18(24)22-12-10-14(2)11-13-22/h5-9,14-15H,4,10-13H2,1-3H3. The molecule has 3 rings (SSSR count). The van der Waals surface area contributed by atoms with E-state index in [0.717, 1.165) is 54.9 Å². The summed E-state index contributed by atoms with van der Waals surface area (Å²) < 4.78 is 2.09. The fraction of sp³-hybridized carbons (Fsp3) is 0.526. The molecule has 1 aromatic heterocycles. The number of thioether (sulfide) groups is 1. The third kappa shape index (κ3) is 4.06. The minimum Gasteiger partial charge on any atom is -0.342 e. The summed E-state index contributed by atoms with van der Waals surface area (Å²) >= 11 is 1.51. The van der Waals surface area contributed by atoms with E-state index in [1.807, 2.05) is 42.2 Å². The molecule has 1 aliphatic rings. The van der Waals surface area contributed by atoms with E-state index in [2.05, 4.69) is 28.6 Å². The average molecular weight is 359 g/mol. The van der Waals surface area contributed by atoms with Crippen LogP contribution in [0.2, 0.25) is 0 Å². The highest BCUT2D eigenvalue weighted by Crippen LogP contribution is 2.28. The van der Waals surface area contributed by atoms with Crippen LogP contribution in [0.5, 0.6) is 0 Å². The molecule has 0 spiro atoms. The first-order valence-electron chi connectivity index (χ1n) is 9.04. The maximum atomic E-state index is 12.7. The molecule has 0 aliphatic carbocycles. The molecule has 1 saturated heterocycles. The number of carbonyl (C=O) groups is 1. The van der Waals surface area contributed by atoms with Gasteiger partial charge in [-0.2, -0.15) is 0 Å². The van der Waals surface area contributed by atoms with Crippen LogP contribution in [0.1, 0.15) is 33.6 Å². The van der Waals surface area contributed by atoms with Gasteiger partial charge >= 0.3 is 0 Å². The van der Waals surface area contributed by atoms with Crippen molar-refractivity contribution in [3.8, 4) is 11.4 Å². The Balaban J connectivity index is 1.72. The first-order chi connectivity index (χ1) is 12.1. The summed E-state index contributed by atoms with van der Waals surface area (Å²) in [6.45, 7) is 8.85. The minimum atomic E-state index is -0.147. The van der Waals surface area contributed by atoms with Crippen LogP contribution >= 0.6 is 11.8 Å². The zero-order valence-corrected chi connectivity index (χ0v) is 16.0. The Labute approximate surface area is 153 Å². The summed E-state index contributed by atoms with van der Waals surface area (Å²) in [5.41, 5.74) is 1.05. The summed E-state index contributed by atoms with van der Waals surface area (Å²) in [5, 5.41) is 9.37. The highest BCUT2D eigenvalue weighted by molar-refractivity contribution is 8.00. The summed E-state index contributed by atoms with van der Waals surface area (Å²) in [6, 6.07) is 10.1. The van der Waals surface area contributed by atoms with Gasteiger partial charge in [-0.3, -0.25) is 4.79 Å². The zero-order chi connectivity index (χ0) is 17.8. The predicted molar refractivity (Wildman–Crippen MR) is 101 cm³/mol. The van der Waals surface area contributed by atoms with Crippen LogP contribution in [-0.4, -0.2) is 43.9 Å². The van der Waals surface area contributed by atoms with E-state index < -0.39 is 0 Å². The van der Waals surface area contributed by atoms with Gasteiger partial charge in [-0.05, 0) is 32.6 Å². The molecule has 0 N–H and O–H groups in total. The summed E-state index contributed by atoms with van der Waals surface area (Å²) in [5.74, 6) is 1.80.